The maximum absolute atomic E-state index is 12.1. The predicted molar refractivity (Wildman–Crippen MR) is 72.8 cm³/mol. The monoisotopic (exact) mass is 296 g/mol. The second kappa shape index (κ2) is 6.17. The Balaban J connectivity index is 2.18. The zero-order valence-corrected chi connectivity index (χ0v) is 12.1. The number of esters is 2. The Bertz CT molecular complexity index is 554. The highest BCUT2D eigenvalue weighted by atomic mass is 32.2. The van der Waals surface area contributed by atoms with Crippen molar-refractivity contribution in [2.75, 3.05) is 5.75 Å². The predicted octanol–water partition coefficient (Wildman–Crippen LogP) is 1.67. The van der Waals surface area contributed by atoms with Crippen molar-refractivity contribution >= 4 is 22.7 Å². The van der Waals surface area contributed by atoms with Crippen molar-refractivity contribution in [3.05, 3.63) is 29.8 Å². The molecule has 1 heterocycles. The summed E-state index contributed by atoms with van der Waals surface area (Å²) in [6, 6.07) is 6.56. The van der Waals surface area contributed by atoms with Gasteiger partial charge in [0.25, 0.3) is 0 Å². The molecule has 108 valence electrons. The van der Waals surface area contributed by atoms with Crippen molar-refractivity contribution in [3.8, 4) is 0 Å². The van der Waals surface area contributed by atoms with Crippen molar-refractivity contribution in [2.24, 2.45) is 0 Å². The lowest BCUT2D eigenvalue weighted by Crippen LogP contribution is -2.23. The third-order valence-corrected chi connectivity index (χ3v) is 4.36. The molecule has 1 fully saturated rings. The van der Waals surface area contributed by atoms with Gasteiger partial charge in [0.2, 0.25) is 6.10 Å². The van der Waals surface area contributed by atoms with Gasteiger partial charge in [0.1, 0.15) is 6.10 Å². The number of carbonyl (C=O) groups is 2. The third kappa shape index (κ3) is 3.07. The molecule has 1 aromatic carbocycles. The van der Waals surface area contributed by atoms with E-state index in [2.05, 4.69) is 0 Å². The van der Waals surface area contributed by atoms with Crippen LogP contribution in [0.1, 0.15) is 30.6 Å². The second-order valence-corrected chi connectivity index (χ2v) is 6.22. The van der Waals surface area contributed by atoms with Crippen LogP contribution in [0.2, 0.25) is 0 Å². The summed E-state index contributed by atoms with van der Waals surface area (Å²) in [5.74, 6) is -0.759. The summed E-state index contributed by atoms with van der Waals surface area (Å²) in [5, 5.41) is 0. The summed E-state index contributed by atoms with van der Waals surface area (Å²) in [4.78, 5) is 24.0. The van der Waals surface area contributed by atoms with Crippen LogP contribution in [0.15, 0.2) is 29.2 Å². The van der Waals surface area contributed by atoms with E-state index in [-0.39, 0.29) is 11.7 Å². The van der Waals surface area contributed by atoms with Crippen molar-refractivity contribution in [3.63, 3.8) is 0 Å². The van der Waals surface area contributed by atoms with E-state index in [9.17, 15) is 13.8 Å². The molecule has 6 heteroatoms. The summed E-state index contributed by atoms with van der Waals surface area (Å²) in [7, 11) is -1.26. The van der Waals surface area contributed by atoms with E-state index in [1.807, 2.05) is 0 Å². The molecule has 1 saturated heterocycles. The SMILES string of the molecule is CCS(=O)c1ccccc1C(=O)OC1CC(C)OC1=O. The normalized spacial score (nSPS) is 23.2. The lowest BCUT2D eigenvalue weighted by atomic mass is 10.2. The van der Waals surface area contributed by atoms with Crippen LogP contribution in [-0.4, -0.2) is 34.1 Å². The van der Waals surface area contributed by atoms with Gasteiger partial charge < -0.3 is 9.47 Å². The van der Waals surface area contributed by atoms with Crippen LogP contribution >= 0.6 is 0 Å². The highest BCUT2D eigenvalue weighted by Crippen LogP contribution is 2.21. The smallest absolute Gasteiger partial charge is 0.347 e. The number of benzene rings is 1. The zero-order valence-electron chi connectivity index (χ0n) is 11.3. The van der Waals surface area contributed by atoms with Gasteiger partial charge in [-0.1, -0.05) is 19.1 Å². The third-order valence-electron chi connectivity index (χ3n) is 2.99. The molecule has 3 atom stereocenters. The topological polar surface area (TPSA) is 69.7 Å². The molecule has 0 radical (unpaired) electrons. The minimum atomic E-state index is -1.26. The van der Waals surface area contributed by atoms with Crippen LogP contribution in [0.5, 0.6) is 0 Å². The first-order valence-electron chi connectivity index (χ1n) is 6.41. The minimum Gasteiger partial charge on any atom is -0.460 e. The molecular weight excluding hydrogens is 280 g/mol. The second-order valence-electron chi connectivity index (χ2n) is 4.51. The molecule has 0 N–H and O–H groups in total. The maximum Gasteiger partial charge on any atom is 0.347 e. The van der Waals surface area contributed by atoms with Gasteiger partial charge in [-0.3, -0.25) is 4.21 Å². The molecule has 20 heavy (non-hydrogen) atoms. The fraction of sp³-hybridized carbons (Fsp3) is 0.429. The highest BCUT2D eigenvalue weighted by molar-refractivity contribution is 7.85. The number of hydrogen-bond acceptors (Lipinski definition) is 5. The molecule has 1 aliphatic rings. The molecule has 0 aromatic heterocycles. The highest BCUT2D eigenvalue weighted by Gasteiger charge is 2.35. The Morgan fingerprint density at radius 3 is 2.75 bits per heavy atom. The first-order valence-corrected chi connectivity index (χ1v) is 7.73. The Hall–Kier alpha value is -1.69. The summed E-state index contributed by atoms with van der Waals surface area (Å²) < 4.78 is 22.0. The Kier molecular flexibility index (Phi) is 4.54. The van der Waals surface area contributed by atoms with Crippen molar-refractivity contribution in [2.45, 2.75) is 37.4 Å². The molecule has 0 aliphatic carbocycles. The number of rotatable bonds is 4. The van der Waals surface area contributed by atoms with Gasteiger partial charge in [-0.05, 0) is 19.1 Å². The Morgan fingerprint density at radius 2 is 2.15 bits per heavy atom. The molecule has 1 aliphatic heterocycles. The lowest BCUT2D eigenvalue weighted by Gasteiger charge is -2.11. The van der Waals surface area contributed by atoms with Crippen molar-refractivity contribution in [1.82, 2.24) is 0 Å². The van der Waals surface area contributed by atoms with Gasteiger partial charge in [-0.2, -0.15) is 0 Å². The van der Waals surface area contributed by atoms with Crippen LogP contribution in [0.25, 0.3) is 0 Å². The summed E-state index contributed by atoms with van der Waals surface area (Å²) in [6.45, 7) is 3.51. The van der Waals surface area contributed by atoms with Crippen LogP contribution in [0.3, 0.4) is 0 Å². The van der Waals surface area contributed by atoms with Gasteiger partial charge in [-0.25, -0.2) is 9.59 Å². The summed E-state index contributed by atoms with van der Waals surface area (Å²) in [5.41, 5.74) is 0.236. The number of cyclic esters (lactones) is 1. The van der Waals surface area contributed by atoms with Gasteiger partial charge in [0.05, 0.1) is 21.3 Å². The fourth-order valence-corrected chi connectivity index (χ4v) is 2.94. The van der Waals surface area contributed by atoms with Crippen molar-refractivity contribution < 1.29 is 23.3 Å². The largest absolute Gasteiger partial charge is 0.460 e. The van der Waals surface area contributed by atoms with E-state index in [4.69, 9.17) is 9.47 Å². The van der Waals surface area contributed by atoms with E-state index in [1.165, 1.54) is 0 Å². The number of carbonyl (C=O) groups excluding carboxylic acids is 2. The Labute approximate surface area is 119 Å². The van der Waals surface area contributed by atoms with Crippen LogP contribution in [0.4, 0.5) is 0 Å². The van der Waals surface area contributed by atoms with E-state index in [1.54, 1.807) is 38.1 Å². The molecule has 2 rings (SSSR count). The standard InChI is InChI=1S/C14H16O5S/c1-3-20(17)12-7-5-4-6-10(12)13(15)19-11-8-9(2)18-14(11)16/h4-7,9,11H,3,8H2,1-2H3. The van der Waals surface area contributed by atoms with E-state index >= 15 is 0 Å². The average molecular weight is 296 g/mol. The first kappa shape index (κ1) is 14.7. The van der Waals surface area contributed by atoms with Crippen molar-refractivity contribution in [1.29, 1.82) is 0 Å². The molecule has 1 aromatic rings. The van der Waals surface area contributed by atoms with E-state index in [0.717, 1.165) is 0 Å². The van der Waals surface area contributed by atoms with E-state index < -0.39 is 28.8 Å². The first-order chi connectivity index (χ1) is 9.52. The van der Waals surface area contributed by atoms with Gasteiger partial charge in [0, 0.05) is 12.2 Å². The molecule has 0 amide bonds. The van der Waals surface area contributed by atoms with Gasteiger partial charge >= 0.3 is 11.9 Å². The molecule has 3 unspecified atom stereocenters. The van der Waals surface area contributed by atoms with Crippen LogP contribution in [-0.2, 0) is 25.1 Å². The number of ether oxygens (including phenoxy) is 2. The summed E-state index contributed by atoms with van der Waals surface area (Å²) >= 11 is 0. The maximum atomic E-state index is 12.1. The van der Waals surface area contributed by atoms with E-state index in [0.29, 0.717) is 17.1 Å². The van der Waals surface area contributed by atoms with Crippen LogP contribution in [0, 0.1) is 0 Å². The molecule has 0 spiro atoms. The fourth-order valence-electron chi connectivity index (χ4n) is 2.00. The average Bonchev–Trinajstić information content (AvgIpc) is 2.76. The minimum absolute atomic E-state index is 0.236. The van der Waals surface area contributed by atoms with Crippen LogP contribution < -0.4 is 0 Å². The Morgan fingerprint density at radius 1 is 1.45 bits per heavy atom. The lowest BCUT2D eigenvalue weighted by molar-refractivity contribution is -0.147. The van der Waals surface area contributed by atoms with Gasteiger partial charge in [-0.15, -0.1) is 0 Å². The number of hydrogen-bond donors (Lipinski definition) is 0. The molecule has 5 nitrogen and oxygen atoms in total. The van der Waals surface area contributed by atoms with Gasteiger partial charge in [0.15, 0.2) is 0 Å². The molecular formula is C14H16O5S. The molecule has 0 saturated carbocycles. The summed E-state index contributed by atoms with van der Waals surface area (Å²) in [6.07, 6.45) is -0.773. The zero-order chi connectivity index (χ0) is 14.7. The quantitative estimate of drug-likeness (QED) is 0.791. The molecule has 0 bridgehead atoms.